The van der Waals surface area contributed by atoms with Crippen LogP contribution in [0.2, 0.25) is 0 Å². The molecule has 204 valence electrons. The SMILES string of the molecule is O=C1C=C(O)c2ccccc2C1=O.O=C1C=C(O)c2ccccc2C1=O.c1cc(CCCc2ccncc2)ccn1. The van der Waals surface area contributed by atoms with Gasteiger partial charge in [-0.25, -0.2) is 0 Å². The van der Waals surface area contributed by atoms with Gasteiger partial charge in [0.2, 0.25) is 23.1 Å². The third-order valence-electron chi connectivity index (χ3n) is 6.31. The number of ketones is 4. The standard InChI is InChI=1S/C13H14N2.2C10H6O3/c1(2-12-4-8-14-9-5-12)3-13-6-10-15-11-7-13;2*11-8-5-9(12)10(13)7-4-2-1-3-6(7)8/h4-11H,1-3H2;2*1-5,11H. The predicted molar refractivity (Wildman–Crippen MR) is 153 cm³/mol. The highest BCUT2D eigenvalue weighted by Crippen LogP contribution is 2.23. The lowest BCUT2D eigenvalue weighted by Gasteiger charge is -2.10. The molecule has 0 fully saturated rings. The van der Waals surface area contributed by atoms with E-state index in [0.717, 1.165) is 25.0 Å². The number of aliphatic hydroxyl groups excluding tert-OH is 2. The molecule has 0 saturated carbocycles. The molecule has 8 nitrogen and oxygen atoms in total. The Kier molecular flexibility index (Phi) is 9.41. The number of aliphatic hydroxyl groups is 2. The Balaban J connectivity index is 0.000000142. The van der Waals surface area contributed by atoms with E-state index < -0.39 is 23.1 Å². The summed E-state index contributed by atoms with van der Waals surface area (Å²) < 4.78 is 0. The summed E-state index contributed by atoms with van der Waals surface area (Å²) in [4.78, 5) is 52.5. The summed E-state index contributed by atoms with van der Waals surface area (Å²) in [5, 5.41) is 18.7. The van der Waals surface area contributed by atoms with Crippen LogP contribution in [0.3, 0.4) is 0 Å². The molecule has 0 unspecified atom stereocenters. The smallest absolute Gasteiger partial charge is 0.233 e. The Hall–Kier alpha value is -5.50. The van der Waals surface area contributed by atoms with Gasteiger partial charge >= 0.3 is 0 Å². The summed E-state index contributed by atoms with van der Waals surface area (Å²) in [5.74, 6) is -2.74. The van der Waals surface area contributed by atoms with Gasteiger partial charge in [0.05, 0.1) is 0 Å². The van der Waals surface area contributed by atoms with Crippen molar-refractivity contribution in [3.63, 3.8) is 0 Å². The molecule has 2 aliphatic rings. The zero-order chi connectivity index (χ0) is 29.2. The summed E-state index contributed by atoms with van der Waals surface area (Å²) in [7, 11) is 0. The van der Waals surface area contributed by atoms with Gasteiger partial charge < -0.3 is 10.2 Å². The first-order valence-corrected chi connectivity index (χ1v) is 12.8. The van der Waals surface area contributed by atoms with Crippen molar-refractivity contribution in [2.75, 3.05) is 0 Å². The second kappa shape index (κ2) is 13.5. The lowest BCUT2D eigenvalue weighted by Crippen LogP contribution is -2.18. The molecular formula is C33H26N2O6. The minimum atomic E-state index is -0.670. The Labute approximate surface area is 236 Å². The molecule has 0 atom stereocenters. The highest BCUT2D eigenvalue weighted by Gasteiger charge is 2.25. The molecule has 0 amide bonds. The first-order chi connectivity index (χ1) is 19.8. The van der Waals surface area contributed by atoms with Crippen LogP contribution in [-0.4, -0.2) is 43.3 Å². The third-order valence-corrected chi connectivity index (χ3v) is 6.31. The van der Waals surface area contributed by atoms with Crippen LogP contribution in [0.1, 0.15) is 49.4 Å². The van der Waals surface area contributed by atoms with Crippen molar-refractivity contribution in [2.45, 2.75) is 19.3 Å². The third kappa shape index (κ3) is 7.33. The van der Waals surface area contributed by atoms with Gasteiger partial charge in [0.15, 0.2) is 0 Å². The maximum absolute atomic E-state index is 11.3. The van der Waals surface area contributed by atoms with Crippen molar-refractivity contribution in [1.82, 2.24) is 9.97 Å². The van der Waals surface area contributed by atoms with Crippen LogP contribution in [0.25, 0.3) is 11.5 Å². The van der Waals surface area contributed by atoms with Crippen molar-refractivity contribution in [3.05, 3.63) is 143 Å². The summed E-state index contributed by atoms with van der Waals surface area (Å²) in [6, 6.07) is 21.3. The van der Waals surface area contributed by atoms with Gasteiger partial charge in [-0.05, 0) is 54.7 Å². The van der Waals surface area contributed by atoms with E-state index in [0.29, 0.717) is 11.1 Å². The van der Waals surface area contributed by atoms with Crippen LogP contribution in [-0.2, 0) is 22.4 Å². The van der Waals surface area contributed by atoms with E-state index in [1.165, 1.54) is 29.7 Å². The van der Waals surface area contributed by atoms with Gasteiger partial charge in [0.1, 0.15) is 11.5 Å². The number of hydrogen-bond acceptors (Lipinski definition) is 8. The van der Waals surface area contributed by atoms with Crippen LogP contribution in [0.5, 0.6) is 0 Å². The Bertz CT molecular complexity index is 1520. The zero-order valence-electron chi connectivity index (χ0n) is 21.9. The minimum Gasteiger partial charge on any atom is -0.507 e. The molecule has 0 bridgehead atoms. The average molecular weight is 547 g/mol. The largest absolute Gasteiger partial charge is 0.507 e. The highest BCUT2D eigenvalue weighted by atomic mass is 16.3. The summed E-state index contributed by atoms with van der Waals surface area (Å²) >= 11 is 0. The molecule has 41 heavy (non-hydrogen) atoms. The quantitative estimate of drug-likeness (QED) is 0.327. The van der Waals surface area contributed by atoms with Crippen molar-refractivity contribution >= 4 is 34.7 Å². The van der Waals surface area contributed by atoms with E-state index in [-0.39, 0.29) is 22.6 Å². The number of Topliss-reactive ketones (excluding diaryl/α,β-unsaturated/α-hetero) is 2. The van der Waals surface area contributed by atoms with E-state index in [1.807, 2.05) is 24.8 Å². The highest BCUT2D eigenvalue weighted by molar-refractivity contribution is 6.50. The van der Waals surface area contributed by atoms with Gasteiger partial charge in [-0.3, -0.25) is 29.1 Å². The first-order valence-electron chi connectivity index (χ1n) is 12.8. The minimum absolute atomic E-state index is 0.139. The molecule has 4 aromatic rings. The maximum Gasteiger partial charge on any atom is 0.233 e. The number of carbonyl (C=O) groups is 4. The summed E-state index contributed by atoms with van der Waals surface area (Å²) in [6.45, 7) is 0. The molecule has 2 N–H and O–H groups in total. The van der Waals surface area contributed by atoms with Crippen LogP contribution in [0, 0.1) is 0 Å². The van der Waals surface area contributed by atoms with Gasteiger partial charge in [-0.15, -0.1) is 0 Å². The van der Waals surface area contributed by atoms with Crippen LogP contribution in [0.4, 0.5) is 0 Å². The Morgan fingerprint density at radius 3 is 1.20 bits per heavy atom. The molecule has 0 aliphatic heterocycles. The second-order valence-electron chi connectivity index (χ2n) is 9.10. The fourth-order valence-electron chi connectivity index (χ4n) is 4.20. The molecule has 2 aliphatic carbocycles. The van der Waals surface area contributed by atoms with Gasteiger partial charge in [0, 0.05) is 59.2 Å². The number of aryl methyl sites for hydroxylation is 2. The molecule has 0 spiro atoms. The van der Waals surface area contributed by atoms with E-state index in [2.05, 4.69) is 34.2 Å². The lowest BCUT2D eigenvalue weighted by molar-refractivity contribution is -0.111. The Morgan fingerprint density at radius 1 is 0.488 bits per heavy atom. The van der Waals surface area contributed by atoms with E-state index in [4.69, 9.17) is 0 Å². The van der Waals surface area contributed by atoms with Crippen molar-refractivity contribution < 1.29 is 29.4 Å². The number of hydrogen-bond donors (Lipinski definition) is 2. The van der Waals surface area contributed by atoms with Gasteiger partial charge in [0.25, 0.3) is 0 Å². The molecule has 2 aromatic heterocycles. The topological polar surface area (TPSA) is 135 Å². The van der Waals surface area contributed by atoms with Gasteiger partial charge in [-0.2, -0.15) is 0 Å². The number of aromatic nitrogens is 2. The molecule has 8 heteroatoms. The van der Waals surface area contributed by atoms with Crippen molar-refractivity contribution in [3.8, 4) is 0 Å². The average Bonchev–Trinajstić information content (AvgIpc) is 3.01. The molecule has 2 heterocycles. The molecule has 6 rings (SSSR count). The van der Waals surface area contributed by atoms with E-state index in [1.54, 1.807) is 36.4 Å². The molecular weight excluding hydrogens is 520 g/mol. The van der Waals surface area contributed by atoms with E-state index in [9.17, 15) is 29.4 Å². The number of carbonyl (C=O) groups excluding carboxylic acids is 4. The van der Waals surface area contributed by atoms with Crippen molar-refractivity contribution in [1.29, 1.82) is 0 Å². The lowest BCUT2D eigenvalue weighted by atomic mass is 9.94. The molecule has 0 radical (unpaired) electrons. The number of pyridine rings is 2. The fraction of sp³-hybridized carbons (Fsp3) is 0.0909. The number of nitrogens with zero attached hydrogens (tertiary/aromatic N) is 2. The maximum atomic E-state index is 11.3. The Morgan fingerprint density at radius 2 is 0.829 bits per heavy atom. The van der Waals surface area contributed by atoms with Crippen LogP contribution in [0.15, 0.2) is 110 Å². The summed E-state index contributed by atoms with van der Waals surface area (Å²) in [6.07, 6.45) is 12.7. The second-order valence-corrected chi connectivity index (χ2v) is 9.10. The number of fused-ring (bicyclic) bond motifs is 2. The fourth-order valence-corrected chi connectivity index (χ4v) is 4.20. The summed E-state index contributed by atoms with van der Waals surface area (Å²) in [5.41, 5.74) is 4.11. The molecule has 0 saturated heterocycles. The number of benzene rings is 2. The first kappa shape index (κ1) is 28.5. The van der Waals surface area contributed by atoms with Crippen molar-refractivity contribution in [2.24, 2.45) is 0 Å². The monoisotopic (exact) mass is 546 g/mol. The van der Waals surface area contributed by atoms with E-state index >= 15 is 0 Å². The van der Waals surface area contributed by atoms with Crippen LogP contribution >= 0.6 is 0 Å². The number of allylic oxidation sites excluding steroid dienone is 2. The zero-order valence-corrected chi connectivity index (χ0v) is 21.9. The molecule has 2 aromatic carbocycles. The predicted octanol–water partition coefficient (Wildman–Crippen LogP) is 5.35. The van der Waals surface area contributed by atoms with Crippen LogP contribution < -0.4 is 0 Å². The normalized spacial score (nSPS) is 13.4. The van der Waals surface area contributed by atoms with Gasteiger partial charge in [-0.1, -0.05) is 48.5 Å². The number of rotatable bonds is 4.